The highest BCUT2D eigenvalue weighted by molar-refractivity contribution is 6.26. The smallest absolute Gasteiger partial charge is 0.321 e. The summed E-state index contributed by atoms with van der Waals surface area (Å²) in [6.45, 7) is 0.286. The first kappa shape index (κ1) is 19.6. The number of rotatable bonds is 6. The Hall–Kier alpha value is -2.16. The number of benzene rings is 1. The minimum atomic E-state index is -1.21. The number of carbonyl (C=O) groups excluding carboxylic acids is 3. The van der Waals surface area contributed by atoms with Gasteiger partial charge in [0.15, 0.2) is 6.10 Å². The number of aliphatic hydroxyl groups is 1. The molecule has 1 aromatic rings. The van der Waals surface area contributed by atoms with E-state index >= 15 is 0 Å². The molecule has 27 heavy (non-hydrogen) atoms. The lowest BCUT2D eigenvalue weighted by Gasteiger charge is -2.33. The second-order valence-corrected chi connectivity index (χ2v) is 6.78. The molecule has 1 aromatic carbocycles. The van der Waals surface area contributed by atoms with Gasteiger partial charge in [0.25, 0.3) is 0 Å². The van der Waals surface area contributed by atoms with E-state index in [1.54, 1.807) is 0 Å². The molecule has 2 heterocycles. The zero-order valence-corrected chi connectivity index (χ0v) is 15.4. The van der Waals surface area contributed by atoms with Crippen LogP contribution in [0, 0.1) is 11.8 Å². The number of carbonyl (C=O) groups is 3. The van der Waals surface area contributed by atoms with Gasteiger partial charge in [0.1, 0.15) is 24.2 Å². The van der Waals surface area contributed by atoms with Crippen LogP contribution in [0.1, 0.15) is 5.56 Å². The molecule has 3 N–H and O–H groups in total. The van der Waals surface area contributed by atoms with E-state index in [0.29, 0.717) is 0 Å². The van der Waals surface area contributed by atoms with E-state index in [2.05, 4.69) is 10.6 Å². The van der Waals surface area contributed by atoms with E-state index in [-0.39, 0.29) is 12.4 Å². The molecule has 0 aliphatic carbocycles. The fourth-order valence-electron chi connectivity index (χ4n) is 3.73. The Labute approximate surface area is 161 Å². The molecule has 2 fully saturated rings. The van der Waals surface area contributed by atoms with Gasteiger partial charge in [0.05, 0.1) is 11.8 Å². The fraction of sp³-hybridized carbons (Fsp3) is 0.500. The van der Waals surface area contributed by atoms with Gasteiger partial charge < -0.3 is 25.2 Å². The zero-order valence-electron chi connectivity index (χ0n) is 14.6. The molecule has 4 unspecified atom stereocenters. The lowest BCUT2D eigenvalue weighted by Crippen LogP contribution is -2.56. The van der Waals surface area contributed by atoms with E-state index in [1.165, 1.54) is 7.05 Å². The lowest BCUT2D eigenvalue weighted by atomic mass is 9.75. The Morgan fingerprint density at radius 1 is 1.15 bits per heavy atom. The van der Waals surface area contributed by atoms with Crippen molar-refractivity contribution in [2.75, 3.05) is 12.9 Å². The number of fused-ring (bicyclic) bond motifs is 2. The summed E-state index contributed by atoms with van der Waals surface area (Å²) >= 11 is 5.44. The molecule has 2 saturated heterocycles. The van der Waals surface area contributed by atoms with Crippen LogP contribution >= 0.6 is 11.6 Å². The predicted molar refractivity (Wildman–Crippen MR) is 94.6 cm³/mol. The van der Waals surface area contributed by atoms with Crippen LogP contribution in [0.15, 0.2) is 30.3 Å². The number of aliphatic hydroxyl groups excluding tert-OH is 1. The van der Waals surface area contributed by atoms with E-state index < -0.39 is 54.0 Å². The summed E-state index contributed by atoms with van der Waals surface area (Å²) in [7, 11) is 1.45. The summed E-state index contributed by atoms with van der Waals surface area (Å²) in [6.07, 6.45) is -4.11. The number of nitrogens with one attached hydrogen (secondary N) is 2. The Balaban J connectivity index is 1.75. The third-order valence-electron chi connectivity index (χ3n) is 4.94. The monoisotopic (exact) mass is 396 g/mol. The van der Waals surface area contributed by atoms with Gasteiger partial charge in [-0.15, -0.1) is 11.6 Å². The number of hydrogen-bond acceptors (Lipinski definition) is 6. The summed E-state index contributed by atoms with van der Waals surface area (Å²) in [4.78, 5) is 36.6. The van der Waals surface area contributed by atoms with E-state index in [1.807, 2.05) is 30.3 Å². The van der Waals surface area contributed by atoms with Crippen LogP contribution < -0.4 is 10.6 Å². The van der Waals surface area contributed by atoms with Crippen LogP contribution in [-0.2, 0) is 30.4 Å². The van der Waals surface area contributed by atoms with Gasteiger partial charge in [-0.1, -0.05) is 30.3 Å². The molecule has 2 amide bonds. The second kappa shape index (κ2) is 8.24. The van der Waals surface area contributed by atoms with Crippen molar-refractivity contribution in [3.63, 3.8) is 0 Å². The molecule has 0 saturated carbocycles. The number of esters is 1. The average molecular weight is 397 g/mol. The summed E-state index contributed by atoms with van der Waals surface area (Å²) in [5.41, 5.74) is 0.904. The molecule has 9 heteroatoms. The SMILES string of the molecule is CNC(=O)C1C(C(=O)NCc2ccccc2)C2O[C@@H]1[C@@H](OC(=O)CCl)C2O. The van der Waals surface area contributed by atoms with Gasteiger partial charge in [0, 0.05) is 13.6 Å². The number of amides is 2. The minimum absolute atomic E-state index is 0.286. The van der Waals surface area contributed by atoms with Crippen molar-refractivity contribution >= 4 is 29.4 Å². The third kappa shape index (κ3) is 3.78. The average Bonchev–Trinajstić information content (AvgIpc) is 3.22. The molecule has 0 spiro atoms. The van der Waals surface area contributed by atoms with Crippen molar-refractivity contribution < 1.29 is 29.0 Å². The molecule has 2 bridgehead atoms. The number of ether oxygens (including phenoxy) is 2. The zero-order chi connectivity index (χ0) is 19.6. The van der Waals surface area contributed by atoms with Crippen molar-refractivity contribution in [3.8, 4) is 0 Å². The standard InChI is InChI=1S/C18H21ClN2O6/c1-20-17(24)12-11(18(25)21-8-9-5-3-2-4-6-9)14-13(23)16(15(12)27-14)26-10(22)7-19/h2-6,11-16,23H,7-8H2,1H3,(H,20,24)(H,21,25)/t11?,12?,13?,14?,15-,16-/m0/s1. The maximum absolute atomic E-state index is 12.8. The highest BCUT2D eigenvalue weighted by Crippen LogP contribution is 2.45. The molecular weight excluding hydrogens is 376 g/mol. The van der Waals surface area contributed by atoms with Gasteiger partial charge >= 0.3 is 5.97 Å². The van der Waals surface area contributed by atoms with E-state index in [0.717, 1.165) is 5.56 Å². The van der Waals surface area contributed by atoms with Crippen molar-refractivity contribution in [2.24, 2.45) is 11.8 Å². The summed E-state index contributed by atoms with van der Waals surface area (Å²) < 4.78 is 10.8. The Bertz CT molecular complexity index is 715. The van der Waals surface area contributed by atoms with Gasteiger partial charge in [-0.2, -0.15) is 0 Å². The van der Waals surface area contributed by atoms with Crippen LogP contribution in [0.5, 0.6) is 0 Å². The maximum atomic E-state index is 12.8. The molecule has 0 aromatic heterocycles. The largest absolute Gasteiger partial charge is 0.456 e. The summed E-state index contributed by atoms with van der Waals surface area (Å²) in [5, 5.41) is 15.7. The van der Waals surface area contributed by atoms with Crippen LogP contribution in [0.2, 0.25) is 0 Å². The molecule has 2 aliphatic rings. The Morgan fingerprint density at radius 2 is 1.81 bits per heavy atom. The second-order valence-electron chi connectivity index (χ2n) is 6.51. The van der Waals surface area contributed by atoms with Gasteiger partial charge in [-0.3, -0.25) is 14.4 Å². The molecule has 8 nitrogen and oxygen atoms in total. The topological polar surface area (TPSA) is 114 Å². The van der Waals surface area contributed by atoms with E-state index in [9.17, 15) is 19.5 Å². The lowest BCUT2D eigenvalue weighted by molar-refractivity contribution is -0.159. The van der Waals surface area contributed by atoms with Gasteiger partial charge in [-0.05, 0) is 5.56 Å². The predicted octanol–water partition coefficient (Wildman–Crippen LogP) is -0.426. The first-order chi connectivity index (χ1) is 13.0. The highest BCUT2D eigenvalue weighted by atomic mass is 35.5. The van der Waals surface area contributed by atoms with Crippen molar-refractivity contribution in [3.05, 3.63) is 35.9 Å². The van der Waals surface area contributed by atoms with Crippen molar-refractivity contribution in [1.82, 2.24) is 10.6 Å². The molecular formula is C18H21ClN2O6. The Morgan fingerprint density at radius 3 is 2.44 bits per heavy atom. The van der Waals surface area contributed by atoms with Crippen LogP contribution in [0.25, 0.3) is 0 Å². The van der Waals surface area contributed by atoms with Crippen LogP contribution in [0.3, 0.4) is 0 Å². The van der Waals surface area contributed by atoms with Crippen LogP contribution in [0.4, 0.5) is 0 Å². The number of hydrogen-bond donors (Lipinski definition) is 3. The number of alkyl halides is 1. The molecule has 0 radical (unpaired) electrons. The maximum Gasteiger partial charge on any atom is 0.321 e. The molecule has 6 atom stereocenters. The van der Waals surface area contributed by atoms with Crippen LogP contribution in [-0.4, -0.2) is 60.2 Å². The summed E-state index contributed by atoms with van der Waals surface area (Å²) in [5.74, 6) is -3.70. The highest BCUT2D eigenvalue weighted by Gasteiger charge is 2.65. The quantitative estimate of drug-likeness (QED) is 0.444. The van der Waals surface area contributed by atoms with Crippen molar-refractivity contribution in [2.45, 2.75) is 31.0 Å². The van der Waals surface area contributed by atoms with Gasteiger partial charge in [0.2, 0.25) is 11.8 Å². The number of halogens is 1. The molecule has 146 valence electrons. The normalized spacial score (nSPS) is 31.4. The first-order valence-electron chi connectivity index (χ1n) is 8.60. The fourth-order valence-corrected chi connectivity index (χ4v) is 3.79. The minimum Gasteiger partial charge on any atom is -0.456 e. The van der Waals surface area contributed by atoms with E-state index in [4.69, 9.17) is 21.1 Å². The Kier molecular flexibility index (Phi) is 5.98. The molecule has 3 rings (SSSR count). The third-order valence-corrected chi connectivity index (χ3v) is 5.16. The summed E-state index contributed by atoms with van der Waals surface area (Å²) in [6, 6.07) is 9.31. The van der Waals surface area contributed by atoms with Crippen molar-refractivity contribution in [1.29, 1.82) is 0 Å². The van der Waals surface area contributed by atoms with Gasteiger partial charge in [-0.25, -0.2) is 0 Å². The molecule has 2 aliphatic heterocycles. The first-order valence-corrected chi connectivity index (χ1v) is 9.13.